The summed E-state index contributed by atoms with van der Waals surface area (Å²) in [5.74, 6) is -0.870. The summed E-state index contributed by atoms with van der Waals surface area (Å²) >= 11 is 0. The first kappa shape index (κ1) is 33.8. The number of carbonyl (C=O) groups is 2. The van der Waals surface area contributed by atoms with Crippen molar-refractivity contribution >= 4 is 27.5 Å². The molecule has 9 nitrogen and oxygen atoms in total. The van der Waals surface area contributed by atoms with Gasteiger partial charge in [0.05, 0.1) is 24.8 Å². The van der Waals surface area contributed by atoms with Gasteiger partial charge in [-0.15, -0.1) is 0 Å². The minimum Gasteiger partial charge on any atom is -0.493 e. The Labute approximate surface area is 265 Å². The Morgan fingerprint density at radius 1 is 0.933 bits per heavy atom. The lowest BCUT2D eigenvalue weighted by atomic mass is 9.95. The van der Waals surface area contributed by atoms with Crippen molar-refractivity contribution in [2.45, 2.75) is 75.9 Å². The first-order valence-corrected chi connectivity index (χ1v) is 16.7. The smallest absolute Gasteiger partial charge is 0.264 e. The molecule has 1 aliphatic rings. The van der Waals surface area contributed by atoms with Crippen molar-refractivity contribution < 1.29 is 31.9 Å². The monoisotopic (exact) mass is 639 g/mol. The van der Waals surface area contributed by atoms with Crippen LogP contribution in [-0.4, -0.2) is 58.0 Å². The molecule has 0 radical (unpaired) electrons. The van der Waals surface area contributed by atoms with Gasteiger partial charge in [0.25, 0.3) is 10.0 Å². The number of methoxy groups -OCH3 is 2. The number of carbonyl (C=O) groups excluding carboxylic acids is 2. The molecule has 2 amide bonds. The Morgan fingerprint density at radius 2 is 1.58 bits per heavy atom. The highest BCUT2D eigenvalue weighted by Crippen LogP contribution is 2.32. The molecular formula is C34H42FN3O6S. The van der Waals surface area contributed by atoms with Crippen molar-refractivity contribution in [2.75, 3.05) is 25.1 Å². The van der Waals surface area contributed by atoms with Gasteiger partial charge in [-0.25, -0.2) is 12.8 Å². The Kier molecular flexibility index (Phi) is 11.4. The maximum Gasteiger partial charge on any atom is 0.264 e. The summed E-state index contributed by atoms with van der Waals surface area (Å²) in [6.45, 7) is 3.27. The number of nitrogens with one attached hydrogen (secondary N) is 1. The largest absolute Gasteiger partial charge is 0.493 e. The Bertz CT molecular complexity index is 1560. The number of amides is 2. The van der Waals surface area contributed by atoms with E-state index >= 15 is 0 Å². The predicted octanol–water partition coefficient (Wildman–Crippen LogP) is 5.60. The third kappa shape index (κ3) is 8.33. The van der Waals surface area contributed by atoms with E-state index < -0.39 is 34.3 Å². The van der Waals surface area contributed by atoms with Gasteiger partial charge in [0, 0.05) is 18.7 Å². The van der Waals surface area contributed by atoms with E-state index in [2.05, 4.69) is 5.32 Å². The molecule has 0 aliphatic heterocycles. The average Bonchev–Trinajstić information content (AvgIpc) is 3.04. The first-order chi connectivity index (χ1) is 21.6. The highest BCUT2D eigenvalue weighted by atomic mass is 32.2. The summed E-state index contributed by atoms with van der Waals surface area (Å²) in [4.78, 5) is 29.3. The number of benzene rings is 3. The van der Waals surface area contributed by atoms with Gasteiger partial charge in [-0.05, 0) is 68.1 Å². The minimum atomic E-state index is -4.38. The van der Waals surface area contributed by atoms with Gasteiger partial charge >= 0.3 is 0 Å². The van der Waals surface area contributed by atoms with Crippen LogP contribution >= 0.6 is 0 Å². The second-order valence-corrected chi connectivity index (χ2v) is 13.1. The van der Waals surface area contributed by atoms with Crippen LogP contribution in [0.1, 0.15) is 56.6 Å². The highest BCUT2D eigenvalue weighted by Gasteiger charge is 2.35. The molecule has 0 bridgehead atoms. The average molecular weight is 640 g/mol. The zero-order valence-electron chi connectivity index (χ0n) is 26.3. The standard InChI is InChI=1S/C34H42FN3O6S/c1-5-30(34(40)36-27-9-7-6-8-10-27)37(22-25-13-11-24(2)12-14-25)33(39)23-38(28-17-15-26(35)16-18-28)45(41,42)29-19-20-31(43-3)32(21-29)44-4/h11-21,27,30H,5-10,22-23H2,1-4H3,(H,36,40)/t30-/m0/s1. The van der Waals surface area contributed by atoms with Crippen LogP contribution in [0.2, 0.25) is 0 Å². The van der Waals surface area contributed by atoms with Crippen molar-refractivity contribution in [3.05, 3.63) is 83.7 Å². The van der Waals surface area contributed by atoms with Crippen molar-refractivity contribution in [1.82, 2.24) is 10.2 Å². The Balaban J connectivity index is 1.73. The van der Waals surface area contributed by atoms with Crippen molar-refractivity contribution in [2.24, 2.45) is 0 Å². The number of hydrogen-bond donors (Lipinski definition) is 1. The van der Waals surface area contributed by atoms with Crippen LogP contribution < -0.4 is 19.1 Å². The summed E-state index contributed by atoms with van der Waals surface area (Å²) in [6, 6.07) is 15.8. The number of rotatable bonds is 13. The van der Waals surface area contributed by atoms with Gasteiger partial charge in [0.2, 0.25) is 11.8 Å². The molecule has 0 aromatic heterocycles. The molecule has 0 saturated heterocycles. The van der Waals surface area contributed by atoms with E-state index in [-0.39, 0.29) is 34.8 Å². The second kappa shape index (κ2) is 15.2. The summed E-state index contributed by atoms with van der Waals surface area (Å²) < 4.78 is 53.8. The van der Waals surface area contributed by atoms with E-state index in [4.69, 9.17) is 9.47 Å². The predicted molar refractivity (Wildman–Crippen MR) is 171 cm³/mol. The van der Waals surface area contributed by atoms with Crippen LogP contribution in [0.25, 0.3) is 0 Å². The zero-order valence-corrected chi connectivity index (χ0v) is 27.1. The van der Waals surface area contributed by atoms with Gasteiger partial charge in [-0.1, -0.05) is 56.0 Å². The van der Waals surface area contributed by atoms with Crippen LogP contribution in [0.3, 0.4) is 0 Å². The number of halogens is 1. The SMILES string of the molecule is CC[C@@H](C(=O)NC1CCCCC1)N(Cc1ccc(C)cc1)C(=O)CN(c1ccc(F)cc1)S(=O)(=O)c1ccc(OC)c(OC)c1. The van der Waals surface area contributed by atoms with Gasteiger partial charge in [-0.3, -0.25) is 13.9 Å². The molecule has 3 aromatic carbocycles. The van der Waals surface area contributed by atoms with E-state index in [0.717, 1.165) is 59.7 Å². The second-order valence-electron chi connectivity index (χ2n) is 11.3. The van der Waals surface area contributed by atoms with E-state index in [1.165, 1.54) is 49.5 Å². The molecule has 4 rings (SSSR count). The molecule has 0 heterocycles. The lowest BCUT2D eigenvalue weighted by Gasteiger charge is -2.34. The van der Waals surface area contributed by atoms with E-state index in [1.807, 2.05) is 38.1 Å². The molecule has 1 fully saturated rings. The van der Waals surface area contributed by atoms with Gasteiger partial charge in [0.15, 0.2) is 11.5 Å². The number of anilines is 1. The molecule has 0 unspecified atom stereocenters. The summed E-state index contributed by atoms with van der Waals surface area (Å²) in [6.07, 6.45) is 5.30. The fourth-order valence-electron chi connectivity index (χ4n) is 5.59. The van der Waals surface area contributed by atoms with Crippen LogP contribution in [-0.2, 0) is 26.2 Å². The molecule has 242 valence electrons. The molecule has 1 aliphatic carbocycles. The lowest BCUT2D eigenvalue weighted by Crippen LogP contribution is -2.54. The molecule has 1 N–H and O–H groups in total. The number of sulfonamides is 1. The summed E-state index contributed by atoms with van der Waals surface area (Å²) in [5.41, 5.74) is 1.94. The number of ether oxygens (including phenoxy) is 2. The summed E-state index contributed by atoms with van der Waals surface area (Å²) in [5, 5.41) is 3.14. The third-order valence-electron chi connectivity index (χ3n) is 8.15. The molecular weight excluding hydrogens is 597 g/mol. The van der Waals surface area contributed by atoms with Crippen LogP contribution in [0, 0.1) is 12.7 Å². The minimum absolute atomic E-state index is 0.0396. The van der Waals surface area contributed by atoms with Gasteiger partial charge in [0.1, 0.15) is 18.4 Å². The Hall–Kier alpha value is -4.12. The van der Waals surface area contributed by atoms with E-state index in [1.54, 1.807) is 0 Å². The van der Waals surface area contributed by atoms with E-state index in [9.17, 15) is 22.4 Å². The molecule has 3 aromatic rings. The molecule has 1 atom stereocenters. The zero-order chi connectivity index (χ0) is 32.6. The third-order valence-corrected chi connectivity index (χ3v) is 9.92. The summed E-state index contributed by atoms with van der Waals surface area (Å²) in [7, 11) is -1.55. The first-order valence-electron chi connectivity index (χ1n) is 15.2. The fourth-order valence-corrected chi connectivity index (χ4v) is 7.02. The van der Waals surface area contributed by atoms with Crippen molar-refractivity contribution in [1.29, 1.82) is 0 Å². The Morgan fingerprint density at radius 3 is 2.18 bits per heavy atom. The molecule has 11 heteroatoms. The van der Waals surface area contributed by atoms with Crippen LogP contribution in [0.15, 0.2) is 71.6 Å². The van der Waals surface area contributed by atoms with Gasteiger partial charge in [-0.2, -0.15) is 0 Å². The quantitative estimate of drug-likeness (QED) is 0.261. The van der Waals surface area contributed by atoms with Gasteiger partial charge < -0.3 is 19.7 Å². The van der Waals surface area contributed by atoms with Crippen LogP contribution in [0.5, 0.6) is 11.5 Å². The lowest BCUT2D eigenvalue weighted by molar-refractivity contribution is -0.140. The highest BCUT2D eigenvalue weighted by molar-refractivity contribution is 7.92. The maximum atomic E-state index is 14.3. The fraction of sp³-hybridized carbons (Fsp3) is 0.412. The van der Waals surface area contributed by atoms with Crippen molar-refractivity contribution in [3.63, 3.8) is 0 Å². The van der Waals surface area contributed by atoms with E-state index in [0.29, 0.717) is 12.2 Å². The number of aryl methyl sites for hydroxylation is 1. The molecule has 1 saturated carbocycles. The number of hydrogen-bond acceptors (Lipinski definition) is 6. The number of nitrogens with zero attached hydrogens (tertiary/aromatic N) is 2. The van der Waals surface area contributed by atoms with Crippen LogP contribution in [0.4, 0.5) is 10.1 Å². The molecule has 45 heavy (non-hydrogen) atoms. The topological polar surface area (TPSA) is 105 Å². The maximum absolute atomic E-state index is 14.3. The normalized spacial score (nSPS) is 14.3. The van der Waals surface area contributed by atoms with Crippen molar-refractivity contribution in [3.8, 4) is 11.5 Å². The molecule has 0 spiro atoms.